The van der Waals surface area contributed by atoms with Crippen molar-refractivity contribution in [2.75, 3.05) is 57.9 Å². The molecule has 324 valence electrons. The number of fused-ring (bicyclic) bond motifs is 1. The van der Waals surface area contributed by atoms with Crippen LogP contribution in [0.4, 0.5) is 10.5 Å². The van der Waals surface area contributed by atoms with Gasteiger partial charge >= 0.3 is 6.09 Å². The van der Waals surface area contributed by atoms with Gasteiger partial charge < -0.3 is 39.4 Å². The van der Waals surface area contributed by atoms with Crippen LogP contribution < -0.4 is 21.0 Å². The van der Waals surface area contributed by atoms with E-state index in [4.69, 9.17) is 19.2 Å². The average molecular weight is 826 g/mol. The predicted molar refractivity (Wildman–Crippen MR) is 234 cm³/mol. The van der Waals surface area contributed by atoms with Crippen LogP contribution >= 0.6 is 0 Å². The Hall–Kier alpha value is -5.18. The van der Waals surface area contributed by atoms with E-state index >= 15 is 0 Å². The number of hydrazine groups is 1. The molecule has 0 saturated carbocycles. The van der Waals surface area contributed by atoms with Crippen molar-refractivity contribution in [3.05, 3.63) is 65.5 Å². The Morgan fingerprint density at radius 3 is 2.43 bits per heavy atom. The van der Waals surface area contributed by atoms with Gasteiger partial charge in [-0.1, -0.05) is 26.0 Å². The maximum absolute atomic E-state index is 13.9. The molecule has 2 aliphatic heterocycles. The summed E-state index contributed by atoms with van der Waals surface area (Å²) in [5.74, 6) is -0.237. The number of pyridine rings is 1. The third-order valence-corrected chi connectivity index (χ3v) is 11.2. The molecule has 4 heterocycles. The SMILES string of the molecule is CCn1c(-c2cc(N3CCNCC3)cnc2[C@H](C)OC)c(CC(C)(C)COC=O)c2cc(-c3cc(O)cc(C[C@H](NC(=O)OC(C)(C)C)C(=O)N4CCCCN4)c3)ccc21. The highest BCUT2D eigenvalue weighted by atomic mass is 16.6. The van der Waals surface area contributed by atoms with Crippen LogP contribution in [0.5, 0.6) is 5.75 Å². The molecule has 2 aromatic heterocycles. The first-order valence-corrected chi connectivity index (χ1v) is 21.2. The molecule has 2 aliphatic rings. The standard InChI is InChI=1S/C46H63N7O7/c1-9-52-40-13-12-32(33-20-31(21-35(55)23-33)22-39(50-44(57)60-45(3,4)5)43(56)53-17-11-10-14-49-53)24-36(40)38(26-46(6,7)28-59-29-54)42(52)37-25-34(51-18-15-47-16-19-51)27-48-41(37)30(2)58-8/h12-13,20-21,23-25,27,29-30,39,47,49,55H,9-11,14-19,22,26,28H2,1-8H3,(H,50,57)/t30-,39-/m0/s1. The van der Waals surface area contributed by atoms with E-state index in [0.29, 0.717) is 38.1 Å². The van der Waals surface area contributed by atoms with Crippen LogP contribution in [-0.2, 0) is 43.2 Å². The van der Waals surface area contributed by atoms with E-state index in [1.165, 1.54) is 0 Å². The number of nitrogens with zero attached hydrogens (tertiary/aromatic N) is 4. The van der Waals surface area contributed by atoms with E-state index in [-0.39, 0.29) is 30.8 Å². The fourth-order valence-electron chi connectivity index (χ4n) is 8.30. The lowest BCUT2D eigenvalue weighted by Gasteiger charge is -2.31. The maximum Gasteiger partial charge on any atom is 0.408 e. The smallest absolute Gasteiger partial charge is 0.408 e. The highest BCUT2D eigenvalue weighted by Gasteiger charge is 2.32. The van der Waals surface area contributed by atoms with Crippen molar-refractivity contribution in [1.82, 2.24) is 30.6 Å². The monoisotopic (exact) mass is 825 g/mol. The van der Waals surface area contributed by atoms with Gasteiger partial charge in [0.05, 0.1) is 36.0 Å². The summed E-state index contributed by atoms with van der Waals surface area (Å²) in [6.07, 6.45) is 3.49. The summed E-state index contributed by atoms with van der Waals surface area (Å²) in [5.41, 5.74) is 10.3. The predicted octanol–water partition coefficient (Wildman–Crippen LogP) is 6.52. The number of hydrogen-bond acceptors (Lipinski definition) is 11. The van der Waals surface area contributed by atoms with Crippen LogP contribution in [0.1, 0.15) is 84.2 Å². The van der Waals surface area contributed by atoms with Gasteiger partial charge in [0.2, 0.25) is 0 Å². The maximum atomic E-state index is 13.9. The zero-order chi connectivity index (χ0) is 43.2. The molecule has 60 heavy (non-hydrogen) atoms. The molecule has 4 N–H and O–H groups in total. The molecule has 2 amide bonds. The molecular weight excluding hydrogens is 763 g/mol. The van der Waals surface area contributed by atoms with Crippen LogP contribution in [0, 0.1) is 5.41 Å². The fraction of sp³-hybridized carbons (Fsp3) is 0.522. The van der Waals surface area contributed by atoms with Gasteiger partial charge in [-0.2, -0.15) is 0 Å². The number of hydrogen-bond donors (Lipinski definition) is 4. The van der Waals surface area contributed by atoms with Crippen molar-refractivity contribution in [3.8, 4) is 28.1 Å². The number of rotatable bonds is 15. The van der Waals surface area contributed by atoms with Gasteiger partial charge in [-0.25, -0.2) is 10.2 Å². The molecule has 0 spiro atoms. The molecule has 6 rings (SSSR count). The molecule has 2 saturated heterocycles. The summed E-state index contributed by atoms with van der Waals surface area (Å²) in [6.45, 7) is 19.8. The summed E-state index contributed by atoms with van der Waals surface area (Å²) >= 11 is 0. The zero-order valence-electron chi connectivity index (χ0n) is 36.5. The Labute approximate surface area is 353 Å². The average Bonchev–Trinajstić information content (AvgIpc) is 3.53. The summed E-state index contributed by atoms with van der Waals surface area (Å²) in [5, 5.41) is 20.0. The van der Waals surface area contributed by atoms with Crippen LogP contribution in [0.3, 0.4) is 0 Å². The Morgan fingerprint density at radius 1 is 1.00 bits per heavy atom. The molecular formula is C46H63N7O7. The molecule has 2 fully saturated rings. The molecule has 0 radical (unpaired) electrons. The molecule has 0 unspecified atom stereocenters. The highest BCUT2D eigenvalue weighted by molar-refractivity contribution is 5.96. The molecule has 2 aromatic carbocycles. The zero-order valence-corrected chi connectivity index (χ0v) is 36.5. The van der Waals surface area contributed by atoms with Crippen LogP contribution in [0.15, 0.2) is 48.7 Å². The first-order chi connectivity index (χ1) is 28.6. The lowest BCUT2D eigenvalue weighted by Crippen LogP contribution is -2.56. The molecule has 14 heteroatoms. The number of phenolic OH excluding ortho intramolecular Hbond substituents is 1. The van der Waals surface area contributed by atoms with Gasteiger partial charge in [-0.15, -0.1) is 0 Å². The fourth-order valence-corrected chi connectivity index (χ4v) is 8.30. The van der Waals surface area contributed by atoms with Gasteiger partial charge in [-0.05, 0) is 106 Å². The van der Waals surface area contributed by atoms with E-state index in [1.54, 1.807) is 45.0 Å². The van der Waals surface area contributed by atoms with Gasteiger partial charge in [0.15, 0.2) is 0 Å². The van der Waals surface area contributed by atoms with Crippen LogP contribution in [-0.4, -0.2) is 103 Å². The minimum Gasteiger partial charge on any atom is -0.508 e. The first-order valence-electron chi connectivity index (χ1n) is 21.2. The second-order valence-electron chi connectivity index (χ2n) is 17.7. The summed E-state index contributed by atoms with van der Waals surface area (Å²) in [7, 11) is 1.70. The molecule has 0 aliphatic carbocycles. The number of methoxy groups -OCH3 is 1. The number of nitrogens with one attached hydrogen (secondary N) is 3. The highest BCUT2D eigenvalue weighted by Crippen LogP contribution is 2.43. The van der Waals surface area contributed by atoms with E-state index < -0.39 is 23.2 Å². The topological polar surface area (TPSA) is 160 Å². The van der Waals surface area contributed by atoms with Crippen molar-refractivity contribution in [2.24, 2.45) is 5.41 Å². The van der Waals surface area contributed by atoms with Crippen molar-refractivity contribution in [1.29, 1.82) is 0 Å². The summed E-state index contributed by atoms with van der Waals surface area (Å²) in [4.78, 5) is 45.7. The number of aromatic nitrogens is 2. The van der Waals surface area contributed by atoms with Gasteiger partial charge in [0.25, 0.3) is 12.4 Å². The number of benzene rings is 2. The Morgan fingerprint density at radius 2 is 1.77 bits per heavy atom. The van der Waals surface area contributed by atoms with E-state index in [9.17, 15) is 19.5 Å². The van der Waals surface area contributed by atoms with Crippen molar-refractivity contribution in [2.45, 2.75) is 98.4 Å². The van der Waals surface area contributed by atoms with Crippen molar-refractivity contribution in [3.63, 3.8) is 0 Å². The van der Waals surface area contributed by atoms with Crippen molar-refractivity contribution < 1.29 is 33.7 Å². The number of carbonyl (C=O) groups excluding carboxylic acids is 3. The van der Waals surface area contributed by atoms with E-state index in [0.717, 1.165) is 89.3 Å². The quantitative estimate of drug-likeness (QED) is 0.0968. The number of carbonyl (C=O) groups is 3. The minimum absolute atomic E-state index is 0.0374. The molecule has 0 bridgehead atoms. The number of piperazine rings is 1. The Kier molecular flexibility index (Phi) is 14.1. The lowest BCUT2D eigenvalue weighted by atomic mass is 9.84. The number of aryl methyl sites for hydroxylation is 1. The Balaban J connectivity index is 1.48. The second kappa shape index (κ2) is 19.0. The van der Waals surface area contributed by atoms with Crippen LogP contribution in [0.25, 0.3) is 33.3 Å². The van der Waals surface area contributed by atoms with Gasteiger partial charge in [-0.3, -0.25) is 19.6 Å². The minimum atomic E-state index is -0.944. The number of ether oxygens (including phenoxy) is 3. The van der Waals surface area contributed by atoms with Crippen molar-refractivity contribution >= 4 is 35.1 Å². The van der Waals surface area contributed by atoms with Gasteiger partial charge in [0.1, 0.15) is 17.4 Å². The van der Waals surface area contributed by atoms with Gasteiger partial charge in [0, 0.05) is 81.2 Å². The Bertz CT molecular complexity index is 2150. The number of amides is 2. The summed E-state index contributed by atoms with van der Waals surface area (Å²) < 4.78 is 19.2. The second-order valence-corrected chi connectivity index (χ2v) is 17.7. The number of phenols is 1. The first kappa shape index (κ1) is 44.4. The van der Waals surface area contributed by atoms with E-state index in [1.807, 2.05) is 19.2 Å². The normalized spacial score (nSPS) is 16.1. The van der Waals surface area contributed by atoms with Crippen LogP contribution in [0.2, 0.25) is 0 Å². The molecule has 14 nitrogen and oxygen atoms in total. The molecule has 2 atom stereocenters. The molecule has 4 aromatic rings. The third kappa shape index (κ3) is 10.6. The largest absolute Gasteiger partial charge is 0.508 e. The number of anilines is 1. The number of alkyl carbamates (subject to hydrolysis) is 1. The van der Waals surface area contributed by atoms with E-state index in [2.05, 4.69) is 70.6 Å². The number of aromatic hydroxyl groups is 1. The lowest BCUT2D eigenvalue weighted by molar-refractivity contribution is -0.137. The summed E-state index contributed by atoms with van der Waals surface area (Å²) in [6, 6.07) is 12.9. The third-order valence-electron chi connectivity index (χ3n) is 11.2.